The first kappa shape index (κ1) is 12.5. The predicted molar refractivity (Wildman–Crippen MR) is 65.4 cm³/mol. The van der Waals surface area contributed by atoms with Crippen LogP contribution in [-0.4, -0.2) is 29.0 Å². The Balaban J connectivity index is 2.55. The van der Waals surface area contributed by atoms with E-state index in [4.69, 9.17) is 0 Å². The second kappa shape index (κ2) is 6.82. The molecule has 1 aromatic rings. The van der Waals surface area contributed by atoms with Crippen LogP contribution in [0.3, 0.4) is 0 Å². The van der Waals surface area contributed by atoms with Crippen molar-refractivity contribution in [3.05, 3.63) is 24.4 Å². The molecule has 0 aliphatic carbocycles. The van der Waals surface area contributed by atoms with Crippen molar-refractivity contribution in [1.82, 2.24) is 9.88 Å². The van der Waals surface area contributed by atoms with Gasteiger partial charge >= 0.3 is 6.03 Å². The lowest BCUT2D eigenvalue weighted by Gasteiger charge is -2.21. The van der Waals surface area contributed by atoms with E-state index in [1.165, 1.54) is 0 Å². The zero-order valence-corrected chi connectivity index (χ0v) is 9.94. The Morgan fingerprint density at radius 3 is 2.50 bits per heavy atom. The Morgan fingerprint density at radius 1 is 1.31 bits per heavy atom. The predicted octanol–water partition coefficient (Wildman–Crippen LogP) is 2.74. The molecule has 0 atom stereocenters. The summed E-state index contributed by atoms with van der Waals surface area (Å²) < 4.78 is 0. The van der Waals surface area contributed by atoms with Gasteiger partial charge in [0.25, 0.3) is 0 Å². The summed E-state index contributed by atoms with van der Waals surface area (Å²) in [7, 11) is 0. The highest BCUT2D eigenvalue weighted by Crippen LogP contribution is 2.03. The van der Waals surface area contributed by atoms with Gasteiger partial charge in [-0.3, -0.25) is 5.32 Å². The molecule has 0 saturated heterocycles. The lowest BCUT2D eigenvalue weighted by molar-refractivity contribution is 0.211. The van der Waals surface area contributed by atoms with E-state index in [1.54, 1.807) is 12.3 Å². The number of rotatable bonds is 5. The highest BCUT2D eigenvalue weighted by atomic mass is 16.2. The van der Waals surface area contributed by atoms with Crippen molar-refractivity contribution in [2.75, 3.05) is 18.4 Å². The van der Waals surface area contributed by atoms with Crippen molar-refractivity contribution < 1.29 is 4.79 Å². The third-order valence-electron chi connectivity index (χ3n) is 2.17. The molecule has 4 nitrogen and oxygen atoms in total. The Labute approximate surface area is 96.7 Å². The van der Waals surface area contributed by atoms with Gasteiger partial charge in [-0.2, -0.15) is 0 Å². The van der Waals surface area contributed by atoms with E-state index in [9.17, 15) is 4.79 Å². The van der Waals surface area contributed by atoms with Gasteiger partial charge in [-0.05, 0) is 25.0 Å². The van der Waals surface area contributed by atoms with Gasteiger partial charge in [0.15, 0.2) is 0 Å². The van der Waals surface area contributed by atoms with Crippen LogP contribution < -0.4 is 5.32 Å². The largest absolute Gasteiger partial charge is 0.325 e. The molecule has 0 radical (unpaired) electrons. The van der Waals surface area contributed by atoms with Crippen LogP contribution >= 0.6 is 0 Å². The molecule has 88 valence electrons. The number of pyridine rings is 1. The number of aromatic nitrogens is 1. The van der Waals surface area contributed by atoms with Crippen molar-refractivity contribution in [3.63, 3.8) is 0 Å². The third-order valence-corrected chi connectivity index (χ3v) is 2.17. The molecule has 1 heterocycles. The molecule has 0 aliphatic heterocycles. The van der Waals surface area contributed by atoms with Crippen LogP contribution in [0, 0.1) is 0 Å². The number of nitrogens with one attached hydrogen (secondary N) is 1. The Hall–Kier alpha value is -1.58. The summed E-state index contributed by atoms with van der Waals surface area (Å²) in [5.74, 6) is 0.602. The molecule has 1 N–H and O–H groups in total. The SMILES string of the molecule is CCCN(CCC)C(=O)Nc1ccccn1. The van der Waals surface area contributed by atoms with E-state index in [0.717, 1.165) is 25.9 Å². The van der Waals surface area contributed by atoms with Gasteiger partial charge in [-0.1, -0.05) is 19.9 Å². The van der Waals surface area contributed by atoms with Crippen molar-refractivity contribution in [1.29, 1.82) is 0 Å². The average Bonchev–Trinajstić information content (AvgIpc) is 2.30. The fraction of sp³-hybridized carbons (Fsp3) is 0.500. The van der Waals surface area contributed by atoms with E-state index >= 15 is 0 Å². The van der Waals surface area contributed by atoms with E-state index in [-0.39, 0.29) is 6.03 Å². The minimum atomic E-state index is -0.0672. The average molecular weight is 221 g/mol. The fourth-order valence-electron chi connectivity index (χ4n) is 1.48. The number of hydrogen-bond donors (Lipinski definition) is 1. The Morgan fingerprint density at radius 2 is 2.00 bits per heavy atom. The van der Waals surface area contributed by atoms with Crippen LogP contribution in [0.4, 0.5) is 10.6 Å². The van der Waals surface area contributed by atoms with Gasteiger partial charge in [-0.25, -0.2) is 9.78 Å². The van der Waals surface area contributed by atoms with Gasteiger partial charge in [-0.15, -0.1) is 0 Å². The van der Waals surface area contributed by atoms with Gasteiger partial charge in [0, 0.05) is 19.3 Å². The van der Waals surface area contributed by atoms with Gasteiger partial charge in [0.2, 0.25) is 0 Å². The van der Waals surface area contributed by atoms with Crippen molar-refractivity contribution in [2.45, 2.75) is 26.7 Å². The lowest BCUT2D eigenvalue weighted by Crippen LogP contribution is -2.36. The highest BCUT2D eigenvalue weighted by Gasteiger charge is 2.11. The molecule has 16 heavy (non-hydrogen) atoms. The maximum atomic E-state index is 11.9. The minimum Gasteiger partial charge on any atom is -0.325 e. The molecule has 1 aromatic heterocycles. The molecule has 2 amide bonds. The molecule has 0 fully saturated rings. The molecule has 0 unspecified atom stereocenters. The fourth-order valence-corrected chi connectivity index (χ4v) is 1.48. The van der Waals surface area contributed by atoms with Crippen LogP contribution in [0.5, 0.6) is 0 Å². The zero-order chi connectivity index (χ0) is 11.8. The summed E-state index contributed by atoms with van der Waals surface area (Å²) in [5, 5.41) is 2.79. The molecule has 1 rings (SSSR count). The molecule has 0 aliphatic rings. The van der Waals surface area contributed by atoms with Gasteiger partial charge < -0.3 is 4.90 Å². The summed E-state index contributed by atoms with van der Waals surface area (Å²) in [5.41, 5.74) is 0. The number of anilines is 1. The molecular weight excluding hydrogens is 202 g/mol. The van der Waals surface area contributed by atoms with E-state index in [1.807, 2.05) is 17.0 Å². The smallest absolute Gasteiger partial charge is 0.323 e. The van der Waals surface area contributed by atoms with E-state index in [2.05, 4.69) is 24.1 Å². The first-order valence-electron chi connectivity index (χ1n) is 5.74. The number of carbonyl (C=O) groups is 1. The standard InChI is InChI=1S/C12H19N3O/c1-3-9-15(10-4-2)12(16)14-11-7-5-6-8-13-11/h5-8H,3-4,9-10H2,1-2H3,(H,13,14,16). The second-order valence-electron chi connectivity index (χ2n) is 3.63. The van der Waals surface area contributed by atoms with Gasteiger partial charge in [0.05, 0.1) is 0 Å². The summed E-state index contributed by atoms with van der Waals surface area (Å²) in [6.45, 7) is 5.70. The minimum absolute atomic E-state index is 0.0672. The molecular formula is C12H19N3O. The topological polar surface area (TPSA) is 45.2 Å². The third kappa shape index (κ3) is 3.88. The maximum Gasteiger partial charge on any atom is 0.323 e. The lowest BCUT2D eigenvalue weighted by atomic mass is 10.3. The van der Waals surface area contributed by atoms with Crippen LogP contribution in [0.1, 0.15) is 26.7 Å². The number of urea groups is 1. The molecule has 0 spiro atoms. The number of amides is 2. The Kier molecular flexibility index (Phi) is 5.32. The monoisotopic (exact) mass is 221 g/mol. The highest BCUT2D eigenvalue weighted by molar-refractivity contribution is 5.88. The number of nitrogens with zero attached hydrogens (tertiary/aromatic N) is 2. The van der Waals surface area contributed by atoms with Crippen molar-refractivity contribution >= 4 is 11.8 Å². The molecule has 0 saturated carbocycles. The number of hydrogen-bond acceptors (Lipinski definition) is 2. The normalized spacial score (nSPS) is 9.88. The maximum absolute atomic E-state index is 11.9. The summed E-state index contributed by atoms with van der Waals surface area (Å²) >= 11 is 0. The molecule has 4 heteroatoms. The van der Waals surface area contributed by atoms with E-state index in [0.29, 0.717) is 5.82 Å². The number of carbonyl (C=O) groups excluding carboxylic acids is 1. The zero-order valence-electron chi connectivity index (χ0n) is 9.94. The molecule has 0 aromatic carbocycles. The van der Waals surface area contributed by atoms with Crippen LogP contribution in [0.15, 0.2) is 24.4 Å². The molecule has 0 bridgehead atoms. The van der Waals surface area contributed by atoms with Crippen molar-refractivity contribution in [3.8, 4) is 0 Å². The first-order valence-corrected chi connectivity index (χ1v) is 5.74. The quantitative estimate of drug-likeness (QED) is 0.831. The van der Waals surface area contributed by atoms with Gasteiger partial charge in [0.1, 0.15) is 5.82 Å². The second-order valence-corrected chi connectivity index (χ2v) is 3.63. The summed E-state index contributed by atoms with van der Waals surface area (Å²) in [4.78, 5) is 17.7. The van der Waals surface area contributed by atoms with Crippen LogP contribution in [0.2, 0.25) is 0 Å². The Bertz CT molecular complexity index is 307. The van der Waals surface area contributed by atoms with Crippen molar-refractivity contribution in [2.24, 2.45) is 0 Å². The summed E-state index contributed by atoms with van der Waals surface area (Å²) in [6.07, 6.45) is 3.60. The van der Waals surface area contributed by atoms with Crippen LogP contribution in [-0.2, 0) is 0 Å². The van der Waals surface area contributed by atoms with E-state index < -0.39 is 0 Å². The summed E-state index contributed by atoms with van der Waals surface area (Å²) in [6, 6.07) is 5.40. The first-order chi connectivity index (χ1) is 7.77. The van der Waals surface area contributed by atoms with Crippen LogP contribution in [0.25, 0.3) is 0 Å².